The molecule has 5 heteroatoms. The van der Waals surface area contributed by atoms with E-state index in [1.54, 1.807) is 4.80 Å². The van der Waals surface area contributed by atoms with Gasteiger partial charge in [0.05, 0.1) is 17.9 Å². The summed E-state index contributed by atoms with van der Waals surface area (Å²) >= 11 is 5.92. The van der Waals surface area contributed by atoms with Gasteiger partial charge in [-0.1, -0.05) is 54.1 Å². The number of benzene rings is 2. The molecule has 0 unspecified atom stereocenters. The molecule has 3 aromatic rings. The molecule has 1 heterocycles. The monoisotopic (exact) mass is 312 g/mol. The third kappa shape index (κ3) is 3.53. The molecule has 1 aromatic heterocycles. The number of hydrogen-bond donors (Lipinski definition) is 1. The van der Waals surface area contributed by atoms with Crippen LogP contribution in [0.25, 0.3) is 0 Å². The summed E-state index contributed by atoms with van der Waals surface area (Å²) in [5.74, 6) is 0. The van der Waals surface area contributed by atoms with E-state index < -0.39 is 0 Å². The standard InChI is InChI=1S/C17H17ClN4/c18-15-8-6-13(7-9-15)10-16-17(11-19)21-22(20-16)12-14-4-2-1-3-5-14/h1-9H,10-12,19H2. The van der Waals surface area contributed by atoms with Gasteiger partial charge >= 0.3 is 0 Å². The van der Waals surface area contributed by atoms with Crippen LogP contribution in [0.3, 0.4) is 0 Å². The molecule has 0 atom stereocenters. The zero-order valence-electron chi connectivity index (χ0n) is 12.1. The van der Waals surface area contributed by atoms with Gasteiger partial charge in [0.25, 0.3) is 0 Å². The molecule has 112 valence electrons. The minimum absolute atomic E-state index is 0.387. The molecule has 0 aliphatic heterocycles. The summed E-state index contributed by atoms with van der Waals surface area (Å²) in [6.45, 7) is 1.03. The molecule has 0 saturated carbocycles. The summed E-state index contributed by atoms with van der Waals surface area (Å²) in [4.78, 5) is 1.71. The van der Waals surface area contributed by atoms with Crippen molar-refractivity contribution in [2.75, 3.05) is 0 Å². The van der Waals surface area contributed by atoms with E-state index in [1.807, 2.05) is 42.5 Å². The quantitative estimate of drug-likeness (QED) is 0.788. The second-order valence-corrected chi connectivity index (χ2v) is 5.55. The van der Waals surface area contributed by atoms with Crippen LogP contribution in [0, 0.1) is 0 Å². The Hall–Kier alpha value is -2.17. The van der Waals surface area contributed by atoms with Gasteiger partial charge in [0.15, 0.2) is 0 Å². The smallest absolute Gasteiger partial charge is 0.0998 e. The third-order valence-electron chi connectivity index (χ3n) is 3.45. The van der Waals surface area contributed by atoms with Gasteiger partial charge in [0.2, 0.25) is 0 Å². The second kappa shape index (κ2) is 6.73. The van der Waals surface area contributed by atoms with Crippen LogP contribution in [-0.4, -0.2) is 15.0 Å². The number of hydrogen-bond acceptors (Lipinski definition) is 3. The average Bonchev–Trinajstić information content (AvgIpc) is 2.92. The Morgan fingerprint density at radius 2 is 1.55 bits per heavy atom. The molecule has 2 N–H and O–H groups in total. The summed E-state index contributed by atoms with van der Waals surface area (Å²) in [5.41, 5.74) is 9.86. The highest BCUT2D eigenvalue weighted by Gasteiger charge is 2.10. The van der Waals surface area contributed by atoms with E-state index in [2.05, 4.69) is 22.3 Å². The lowest BCUT2D eigenvalue weighted by atomic mass is 10.1. The molecular formula is C17H17ClN4. The second-order valence-electron chi connectivity index (χ2n) is 5.12. The summed E-state index contributed by atoms with van der Waals surface area (Å²) in [6.07, 6.45) is 0.707. The molecule has 0 aliphatic carbocycles. The van der Waals surface area contributed by atoms with Gasteiger partial charge in [-0.05, 0) is 23.3 Å². The van der Waals surface area contributed by atoms with Crippen molar-refractivity contribution < 1.29 is 0 Å². The topological polar surface area (TPSA) is 56.7 Å². The minimum atomic E-state index is 0.387. The summed E-state index contributed by atoms with van der Waals surface area (Å²) in [7, 11) is 0. The number of halogens is 1. The zero-order valence-corrected chi connectivity index (χ0v) is 12.9. The van der Waals surface area contributed by atoms with Crippen molar-refractivity contribution in [1.29, 1.82) is 0 Å². The lowest BCUT2D eigenvalue weighted by molar-refractivity contribution is 0.581. The molecule has 3 rings (SSSR count). The van der Waals surface area contributed by atoms with E-state index in [1.165, 1.54) is 5.56 Å². The van der Waals surface area contributed by atoms with Crippen LogP contribution in [0.5, 0.6) is 0 Å². The van der Waals surface area contributed by atoms with Crippen LogP contribution in [0.15, 0.2) is 54.6 Å². The average molecular weight is 313 g/mol. The van der Waals surface area contributed by atoms with E-state index in [4.69, 9.17) is 17.3 Å². The molecule has 22 heavy (non-hydrogen) atoms. The molecule has 4 nitrogen and oxygen atoms in total. The van der Waals surface area contributed by atoms with Crippen molar-refractivity contribution >= 4 is 11.6 Å². The Kier molecular flexibility index (Phi) is 4.51. The van der Waals surface area contributed by atoms with Crippen LogP contribution >= 0.6 is 11.6 Å². The molecule has 0 fully saturated rings. The van der Waals surface area contributed by atoms with Crippen LogP contribution in [0.2, 0.25) is 5.02 Å². The maximum absolute atomic E-state index is 5.92. The van der Waals surface area contributed by atoms with Gasteiger partial charge in [0.1, 0.15) is 0 Å². The summed E-state index contributed by atoms with van der Waals surface area (Å²) in [5, 5.41) is 9.81. The predicted octanol–water partition coefficient (Wildman–Crippen LogP) is 3.03. The summed E-state index contributed by atoms with van der Waals surface area (Å²) in [6, 6.07) is 17.9. The van der Waals surface area contributed by atoms with Crippen molar-refractivity contribution in [2.24, 2.45) is 5.73 Å². The molecule has 0 spiro atoms. The highest BCUT2D eigenvalue weighted by Crippen LogP contribution is 2.14. The van der Waals surface area contributed by atoms with Crippen molar-refractivity contribution in [3.8, 4) is 0 Å². The maximum atomic E-state index is 5.92. The van der Waals surface area contributed by atoms with Crippen LogP contribution in [-0.2, 0) is 19.5 Å². The number of aromatic nitrogens is 3. The van der Waals surface area contributed by atoms with E-state index >= 15 is 0 Å². The SMILES string of the molecule is NCc1nn(Cc2ccccc2)nc1Cc1ccc(Cl)cc1. The van der Waals surface area contributed by atoms with E-state index in [-0.39, 0.29) is 0 Å². The van der Waals surface area contributed by atoms with E-state index in [9.17, 15) is 0 Å². The zero-order chi connectivity index (χ0) is 15.4. The number of nitrogens with two attached hydrogens (primary N) is 1. The first-order chi connectivity index (χ1) is 10.7. The van der Waals surface area contributed by atoms with E-state index in [0.29, 0.717) is 19.5 Å². The highest BCUT2D eigenvalue weighted by atomic mass is 35.5. The Labute approximate surface area is 134 Å². The van der Waals surface area contributed by atoms with Gasteiger partial charge in [-0.15, -0.1) is 0 Å². The van der Waals surface area contributed by atoms with Crippen LogP contribution < -0.4 is 5.73 Å². The Bertz CT molecular complexity index is 735. The summed E-state index contributed by atoms with van der Waals surface area (Å²) < 4.78 is 0. The van der Waals surface area contributed by atoms with Gasteiger partial charge < -0.3 is 5.73 Å². The van der Waals surface area contributed by atoms with Crippen molar-refractivity contribution in [2.45, 2.75) is 19.5 Å². The first kappa shape index (κ1) is 14.8. The maximum Gasteiger partial charge on any atom is 0.0998 e. The molecule has 0 amide bonds. The highest BCUT2D eigenvalue weighted by molar-refractivity contribution is 6.30. The van der Waals surface area contributed by atoms with Crippen LogP contribution in [0.1, 0.15) is 22.5 Å². The van der Waals surface area contributed by atoms with Crippen molar-refractivity contribution in [3.05, 3.63) is 82.1 Å². The van der Waals surface area contributed by atoms with Crippen molar-refractivity contribution in [3.63, 3.8) is 0 Å². The molecule has 0 bridgehead atoms. The van der Waals surface area contributed by atoms with Crippen molar-refractivity contribution in [1.82, 2.24) is 15.0 Å². The lowest BCUT2D eigenvalue weighted by Crippen LogP contribution is -2.05. The molecule has 0 saturated heterocycles. The first-order valence-electron chi connectivity index (χ1n) is 7.16. The molecule has 2 aromatic carbocycles. The normalized spacial score (nSPS) is 10.8. The molecule has 0 aliphatic rings. The number of nitrogens with zero attached hydrogens (tertiary/aromatic N) is 3. The van der Waals surface area contributed by atoms with E-state index in [0.717, 1.165) is 22.0 Å². The fraction of sp³-hybridized carbons (Fsp3) is 0.176. The largest absolute Gasteiger partial charge is 0.325 e. The third-order valence-corrected chi connectivity index (χ3v) is 3.70. The minimum Gasteiger partial charge on any atom is -0.325 e. The van der Waals surface area contributed by atoms with Crippen LogP contribution in [0.4, 0.5) is 0 Å². The molecular weight excluding hydrogens is 296 g/mol. The van der Waals surface area contributed by atoms with Gasteiger partial charge in [-0.25, -0.2) is 0 Å². The van der Waals surface area contributed by atoms with Gasteiger partial charge in [0, 0.05) is 18.0 Å². The Balaban J connectivity index is 1.80. The Morgan fingerprint density at radius 3 is 2.23 bits per heavy atom. The Morgan fingerprint density at radius 1 is 0.864 bits per heavy atom. The fourth-order valence-corrected chi connectivity index (χ4v) is 2.45. The first-order valence-corrected chi connectivity index (χ1v) is 7.53. The fourth-order valence-electron chi connectivity index (χ4n) is 2.33. The predicted molar refractivity (Wildman–Crippen MR) is 87.7 cm³/mol. The lowest BCUT2D eigenvalue weighted by Gasteiger charge is -2.00. The van der Waals surface area contributed by atoms with Gasteiger partial charge in [-0.2, -0.15) is 15.0 Å². The number of rotatable bonds is 5. The van der Waals surface area contributed by atoms with Gasteiger partial charge in [-0.3, -0.25) is 0 Å². The molecule has 0 radical (unpaired) electrons.